The van der Waals surface area contributed by atoms with E-state index in [0.717, 1.165) is 47.6 Å². The molecule has 1 heterocycles. The molecule has 1 aliphatic carbocycles. The molecule has 0 spiro atoms. The van der Waals surface area contributed by atoms with E-state index in [0.29, 0.717) is 19.7 Å². The number of carbonyl (C=O) groups excluding carboxylic acids is 1. The summed E-state index contributed by atoms with van der Waals surface area (Å²) < 4.78 is 5.86. The maximum absolute atomic E-state index is 13.0. The summed E-state index contributed by atoms with van der Waals surface area (Å²) in [4.78, 5) is 17.1. The monoisotopic (exact) mass is 479 g/mol. The van der Waals surface area contributed by atoms with Gasteiger partial charge < -0.3 is 15.4 Å². The number of ether oxygens (including phenoxy) is 1. The first-order chi connectivity index (χ1) is 17.4. The third-order valence-corrected chi connectivity index (χ3v) is 7.96. The number of hydrogen-bond acceptors (Lipinski definition) is 4. The van der Waals surface area contributed by atoms with Gasteiger partial charge in [-0.1, -0.05) is 54.5 Å². The van der Waals surface area contributed by atoms with Crippen molar-refractivity contribution in [1.29, 1.82) is 0 Å². The van der Waals surface area contributed by atoms with E-state index in [1.165, 1.54) is 27.8 Å². The molecule has 3 aromatic carbocycles. The second kappa shape index (κ2) is 9.72. The van der Waals surface area contributed by atoms with Gasteiger partial charge in [-0.3, -0.25) is 4.90 Å². The molecule has 1 saturated heterocycles. The molecule has 1 aliphatic heterocycles. The van der Waals surface area contributed by atoms with Gasteiger partial charge in [-0.25, -0.2) is 4.79 Å². The van der Waals surface area contributed by atoms with Crippen molar-refractivity contribution in [2.45, 2.75) is 33.2 Å². The molecule has 0 aromatic heterocycles. The highest BCUT2D eigenvalue weighted by Crippen LogP contribution is 2.44. The van der Waals surface area contributed by atoms with Gasteiger partial charge in [0.15, 0.2) is 0 Å². The van der Waals surface area contributed by atoms with Gasteiger partial charge in [-0.05, 0) is 65.3 Å². The van der Waals surface area contributed by atoms with Crippen LogP contribution in [0.25, 0.3) is 11.1 Å². The van der Waals surface area contributed by atoms with Crippen LogP contribution in [0.15, 0.2) is 48.5 Å². The summed E-state index contributed by atoms with van der Waals surface area (Å²) in [6.45, 7) is 10.1. The van der Waals surface area contributed by atoms with Crippen LogP contribution < -0.4 is 5.73 Å². The average molecular weight is 480 g/mol. The lowest BCUT2D eigenvalue weighted by Gasteiger charge is -2.35. The predicted molar refractivity (Wildman–Crippen MR) is 145 cm³/mol. The van der Waals surface area contributed by atoms with E-state index in [4.69, 9.17) is 16.9 Å². The summed E-state index contributed by atoms with van der Waals surface area (Å²) in [6.07, 6.45) is 5.54. The van der Waals surface area contributed by atoms with E-state index in [-0.39, 0.29) is 12.0 Å². The van der Waals surface area contributed by atoms with Crippen LogP contribution >= 0.6 is 0 Å². The summed E-state index contributed by atoms with van der Waals surface area (Å²) in [5.41, 5.74) is 17.4. The van der Waals surface area contributed by atoms with Gasteiger partial charge in [0.05, 0.1) is 0 Å². The zero-order valence-corrected chi connectivity index (χ0v) is 21.3. The van der Waals surface area contributed by atoms with Crippen molar-refractivity contribution in [2.24, 2.45) is 0 Å². The Kier molecular flexibility index (Phi) is 6.47. The van der Waals surface area contributed by atoms with E-state index in [2.05, 4.69) is 73.2 Å². The van der Waals surface area contributed by atoms with Crippen molar-refractivity contribution in [2.75, 3.05) is 38.5 Å². The number of rotatable bonds is 4. The van der Waals surface area contributed by atoms with E-state index in [1.54, 1.807) is 0 Å². The van der Waals surface area contributed by atoms with Gasteiger partial charge in [-0.2, -0.15) is 0 Å². The number of carbonyl (C=O) groups is 1. The third kappa shape index (κ3) is 4.12. The maximum Gasteiger partial charge on any atom is 0.409 e. The highest BCUT2D eigenvalue weighted by molar-refractivity contribution is 5.79. The van der Waals surface area contributed by atoms with Crippen molar-refractivity contribution in [3.05, 3.63) is 87.5 Å². The molecule has 5 nitrogen and oxygen atoms in total. The molecule has 1 fully saturated rings. The fourth-order valence-corrected chi connectivity index (χ4v) is 5.74. The van der Waals surface area contributed by atoms with Crippen LogP contribution in [0.1, 0.15) is 44.9 Å². The smallest absolute Gasteiger partial charge is 0.409 e. The molecule has 2 aliphatic rings. The van der Waals surface area contributed by atoms with Crippen LogP contribution in [0, 0.1) is 33.1 Å². The Bertz CT molecular complexity index is 1320. The summed E-state index contributed by atoms with van der Waals surface area (Å²) in [6, 6.07) is 16.8. The maximum atomic E-state index is 13.0. The molecule has 184 valence electrons. The molecule has 36 heavy (non-hydrogen) atoms. The zero-order chi connectivity index (χ0) is 25.4. The molecule has 0 atom stereocenters. The van der Waals surface area contributed by atoms with Crippen LogP contribution in [0.5, 0.6) is 0 Å². The Hall–Kier alpha value is -3.75. The molecule has 5 rings (SSSR count). The lowest BCUT2D eigenvalue weighted by Crippen LogP contribution is -2.48. The van der Waals surface area contributed by atoms with Crippen LogP contribution in [0.2, 0.25) is 0 Å². The molecule has 5 heteroatoms. The molecular weight excluding hydrogens is 446 g/mol. The number of piperazine rings is 1. The second-order valence-corrected chi connectivity index (χ2v) is 9.85. The largest absolute Gasteiger partial charge is 0.448 e. The predicted octanol–water partition coefficient (Wildman–Crippen LogP) is 5.24. The molecule has 0 bridgehead atoms. The van der Waals surface area contributed by atoms with Gasteiger partial charge in [0, 0.05) is 49.9 Å². The number of nitrogens with two attached hydrogens (primary N) is 1. The van der Waals surface area contributed by atoms with Crippen molar-refractivity contribution in [1.82, 2.24) is 9.80 Å². The Labute approximate surface area is 213 Å². The van der Waals surface area contributed by atoms with E-state index in [1.807, 2.05) is 11.8 Å². The standard InChI is InChI=1S/C31H33N3O2/c1-5-23-20(2)28(22(4)30(32)21(23)3)18-33-14-16-34(17-15-33)31(35)36-19-29-26-12-8-6-10-24(26)25-11-7-9-13-27(25)29/h1,6-13,29H,14-19,32H2,2-4H3. The molecule has 0 unspecified atom stereocenters. The van der Waals surface area contributed by atoms with Gasteiger partial charge >= 0.3 is 6.09 Å². The number of amides is 1. The minimum atomic E-state index is -0.238. The fourth-order valence-electron chi connectivity index (χ4n) is 5.74. The SMILES string of the molecule is C#Cc1c(C)c(N)c(C)c(CN2CCN(C(=O)OCC3c4ccccc4-c4ccccc43)CC2)c1C. The van der Waals surface area contributed by atoms with Gasteiger partial charge in [-0.15, -0.1) is 6.42 Å². The van der Waals surface area contributed by atoms with Crippen molar-refractivity contribution in [3.8, 4) is 23.5 Å². The number of terminal acetylenes is 1. The van der Waals surface area contributed by atoms with E-state index >= 15 is 0 Å². The Morgan fingerprint density at radius 3 is 2.11 bits per heavy atom. The molecule has 0 radical (unpaired) electrons. The van der Waals surface area contributed by atoms with Crippen LogP contribution in [-0.2, 0) is 11.3 Å². The number of anilines is 1. The lowest BCUT2D eigenvalue weighted by molar-refractivity contribution is 0.0727. The summed E-state index contributed by atoms with van der Waals surface area (Å²) in [7, 11) is 0. The highest BCUT2D eigenvalue weighted by atomic mass is 16.6. The minimum absolute atomic E-state index is 0.0749. The second-order valence-electron chi connectivity index (χ2n) is 9.85. The van der Waals surface area contributed by atoms with Crippen LogP contribution in [0.3, 0.4) is 0 Å². The van der Waals surface area contributed by atoms with Crippen LogP contribution in [0.4, 0.5) is 10.5 Å². The van der Waals surface area contributed by atoms with Gasteiger partial charge in [0.2, 0.25) is 0 Å². The molecule has 0 saturated carbocycles. The molecule has 3 aromatic rings. The summed E-state index contributed by atoms with van der Waals surface area (Å²) >= 11 is 0. The van der Waals surface area contributed by atoms with Gasteiger partial charge in [0.25, 0.3) is 0 Å². The Morgan fingerprint density at radius 2 is 1.53 bits per heavy atom. The quantitative estimate of drug-likeness (QED) is 0.411. The number of benzene rings is 3. The zero-order valence-electron chi connectivity index (χ0n) is 21.3. The fraction of sp³-hybridized carbons (Fsp3) is 0.323. The van der Waals surface area contributed by atoms with E-state index in [9.17, 15) is 4.79 Å². The molecule has 2 N–H and O–H groups in total. The lowest BCUT2D eigenvalue weighted by atomic mass is 9.91. The Balaban J connectivity index is 1.21. The summed E-state index contributed by atoms with van der Waals surface area (Å²) in [5.74, 6) is 2.89. The number of nitrogen functional groups attached to an aromatic ring is 1. The molecule has 1 amide bonds. The van der Waals surface area contributed by atoms with E-state index < -0.39 is 0 Å². The number of nitrogens with zero attached hydrogens (tertiary/aromatic N) is 2. The first-order valence-corrected chi connectivity index (χ1v) is 12.6. The first-order valence-electron chi connectivity index (χ1n) is 12.6. The van der Waals surface area contributed by atoms with Crippen molar-refractivity contribution in [3.63, 3.8) is 0 Å². The van der Waals surface area contributed by atoms with Crippen molar-refractivity contribution < 1.29 is 9.53 Å². The average Bonchev–Trinajstić information content (AvgIpc) is 3.23. The number of hydrogen-bond donors (Lipinski definition) is 1. The van der Waals surface area contributed by atoms with Crippen molar-refractivity contribution >= 4 is 11.8 Å². The third-order valence-electron chi connectivity index (χ3n) is 7.96. The number of fused-ring (bicyclic) bond motifs is 3. The normalized spacial score (nSPS) is 15.3. The topological polar surface area (TPSA) is 58.8 Å². The first kappa shape index (κ1) is 24.0. The van der Waals surface area contributed by atoms with Crippen LogP contribution in [-0.4, -0.2) is 48.7 Å². The minimum Gasteiger partial charge on any atom is -0.448 e. The molecular formula is C31H33N3O2. The highest BCUT2D eigenvalue weighted by Gasteiger charge is 2.30. The summed E-state index contributed by atoms with van der Waals surface area (Å²) in [5, 5.41) is 0. The Morgan fingerprint density at radius 1 is 0.944 bits per heavy atom. The van der Waals surface area contributed by atoms with Gasteiger partial charge in [0.1, 0.15) is 6.61 Å².